The van der Waals surface area contributed by atoms with Crippen LogP contribution in [0.2, 0.25) is 0 Å². The van der Waals surface area contributed by atoms with Crippen LogP contribution in [0, 0.1) is 5.41 Å². The highest BCUT2D eigenvalue weighted by molar-refractivity contribution is 5.74. The van der Waals surface area contributed by atoms with E-state index in [2.05, 4.69) is 15.3 Å². The predicted octanol–water partition coefficient (Wildman–Crippen LogP) is 1.01. The monoisotopic (exact) mass is 263 g/mol. The second-order valence-corrected chi connectivity index (χ2v) is 5.71. The highest BCUT2D eigenvalue weighted by Gasteiger charge is 2.15. The van der Waals surface area contributed by atoms with Gasteiger partial charge < -0.3 is 20.4 Å². The van der Waals surface area contributed by atoms with E-state index in [4.69, 9.17) is 5.11 Å². The van der Waals surface area contributed by atoms with Gasteiger partial charge in [0.25, 0.3) is 0 Å². The number of fused-ring (bicyclic) bond motifs is 1. The van der Waals surface area contributed by atoms with Gasteiger partial charge in [-0.3, -0.25) is 0 Å². The maximum atomic E-state index is 11.2. The molecule has 0 saturated carbocycles. The largest absolute Gasteiger partial charge is 0.396 e. The minimum Gasteiger partial charge on any atom is -0.396 e. The Morgan fingerprint density at radius 1 is 1.26 bits per heavy atom. The number of nitrogens with one attached hydrogen (secondary N) is 3. The van der Waals surface area contributed by atoms with Gasteiger partial charge >= 0.3 is 5.69 Å². The lowest BCUT2D eigenvalue weighted by molar-refractivity contribution is 0.157. The van der Waals surface area contributed by atoms with E-state index in [1.165, 1.54) is 5.56 Å². The van der Waals surface area contributed by atoms with Gasteiger partial charge in [0.05, 0.1) is 11.0 Å². The standard InChI is InChI=1S/C14H21N3O2/c1-14(2,9-18)8-15-6-5-10-3-4-11-12(7-10)17-13(19)16-11/h3-4,7,15,18H,5-6,8-9H2,1-2H3,(H2,16,17,19). The molecule has 0 spiro atoms. The fourth-order valence-electron chi connectivity index (χ4n) is 1.95. The maximum Gasteiger partial charge on any atom is 0.323 e. The second-order valence-electron chi connectivity index (χ2n) is 5.71. The molecule has 2 aromatic rings. The van der Waals surface area contributed by atoms with Crippen LogP contribution >= 0.6 is 0 Å². The summed E-state index contributed by atoms with van der Waals surface area (Å²) in [4.78, 5) is 16.6. The van der Waals surface area contributed by atoms with Crippen LogP contribution in [0.5, 0.6) is 0 Å². The fourth-order valence-corrected chi connectivity index (χ4v) is 1.95. The first-order valence-electron chi connectivity index (χ1n) is 6.53. The number of aromatic nitrogens is 2. The van der Waals surface area contributed by atoms with Crippen molar-refractivity contribution in [1.82, 2.24) is 15.3 Å². The Kier molecular flexibility index (Phi) is 4.07. The van der Waals surface area contributed by atoms with Gasteiger partial charge in [0.2, 0.25) is 0 Å². The Hall–Kier alpha value is -1.59. The molecule has 1 aromatic heterocycles. The van der Waals surface area contributed by atoms with Crippen LogP contribution in [-0.2, 0) is 6.42 Å². The van der Waals surface area contributed by atoms with Crippen LogP contribution in [-0.4, -0.2) is 34.8 Å². The Morgan fingerprint density at radius 2 is 2.00 bits per heavy atom. The zero-order valence-electron chi connectivity index (χ0n) is 11.4. The number of aromatic amines is 2. The van der Waals surface area contributed by atoms with Crippen molar-refractivity contribution in [1.29, 1.82) is 0 Å². The Labute approximate surface area is 112 Å². The summed E-state index contributed by atoms with van der Waals surface area (Å²) in [7, 11) is 0. The number of hydrogen-bond donors (Lipinski definition) is 4. The van der Waals surface area contributed by atoms with Gasteiger partial charge in [-0.25, -0.2) is 4.79 Å². The summed E-state index contributed by atoms with van der Waals surface area (Å²) in [5, 5.41) is 12.5. The van der Waals surface area contributed by atoms with Gasteiger partial charge in [0.1, 0.15) is 0 Å². The average Bonchev–Trinajstić information content (AvgIpc) is 2.74. The molecular weight excluding hydrogens is 242 g/mol. The van der Waals surface area contributed by atoms with Crippen LogP contribution in [0.4, 0.5) is 0 Å². The average molecular weight is 263 g/mol. The molecule has 19 heavy (non-hydrogen) atoms. The predicted molar refractivity (Wildman–Crippen MR) is 76.4 cm³/mol. The molecule has 0 fully saturated rings. The van der Waals surface area contributed by atoms with E-state index in [0.29, 0.717) is 0 Å². The number of hydrogen-bond acceptors (Lipinski definition) is 3. The van der Waals surface area contributed by atoms with Gasteiger partial charge in [0, 0.05) is 18.6 Å². The first-order valence-corrected chi connectivity index (χ1v) is 6.53. The minimum atomic E-state index is -0.171. The molecule has 104 valence electrons. The number of aliphatic hydroxyl groups is 1. The molecule has 0 atom stereocenters. The van der Waals surface area contributed by atoms with Crippen molar-refractivity contribution < 1.29 is 5.11 Å². The van der Waals surface area contributed by atoms with Gasteiger partial charge in [-0.05, 0) is 30.7 Å². The summed E-state index contributed by atoms with van der Waals surface area (Å²) in [6.45, 7) is 5.86. The summed E-state index contributed by atoms with van der Waals surface area (Å²) >= 11 is 0. The lowest BCUT2D eigenvalue weighted by Crippen LogP contribution is -2.33. The maximum absolute atomic E-state index is 11.2. The highest BCUT2D eigenvalue weighted by Crippen LogP contribution is 2.12. The fraction of sp³-hybridized carbons (Fsp3) is 0.500. The third-order valence-corrected chi connectivity index (χ3v) is 3.20. The first kappa shape index (κ1) is 13.8. The molecule has 5 heteroatoms. The molecule has 5 nitrogen and oxygen atoms in total. The highest BCUT2D eigenvalue weighted by atomic mass is 16.3. The molecule has 1 heterocycles. The Balaban J connectivity index is 1.89. The van der Waals surface area contributed by atoms with E-state index in [9.17, 15) is 4.79 Å². The summed E-state index contributed by atoms with van der Waals surface area (Å²) in [6, 6.07) is 5.93. The van der Waals surface area contributed by atoms with Crippen molar-refractivity contribution in [2.24, 2.45) is 5.41 Å². The van der Waals surface area contributed by atoms with Gasteiger partial charge in [-0.1, -0.05) is 19.9 Å². The van der Waals surface area contributed by atoms with Gasteiger partial charge in [0.15, 0.2) is 0 Å². The molecule has 0 unspecified atom stereocenters. The summed E-state index contributed by atoms with van der Waals surface area (Å²) in [5.74, 6) is 0. The lowest BCUT2D eigenvalue weighted by atomic mass is 9.95. The smallest absolute Gasteiger partial charge is 0.323 e. The number of aliphatic hydroxyl groups excluding tert-OH is 1. The van der Waals surface area contributed by atoms with Gasteiger partial charge in [-0.2, -0.15) is 0 Å². The molecular formula is C14H21N3O2. The van der Waals surface area contributed by atoms with Crippen LogP contribution in [0.25, 0.3) is 11.0 Å². The lowest BCUT2D eigenvalue weighted by Gasteiger charge is -2.21. The number of benzene rings is 1. The van der Waals surface area contributed by atoms with E-state index in [-0.39, 0.29) is 17.7 Å². The van der Waals surface area contributed by atoms with Gasteiger partial charge in [-0.15, -0.1) is 0 Å². The number of rotatable bonds is 6. The van der Waals surface area contributed by atoms with E-state index in [1.54, 1.807) is 0 Å². The van der Waals surface area contributed by atoms with E-state index < -0.39 is 0 Å². The van der Waals surface area contributed by atoms with E-state index in [0.717, 1.165) is 30.5 Å². The van der Waals surface area contributed by atoms with Crippen LogP contribution < -0.4 is 11.0 Å². The van der Waals surface area contributed by atoms with E-state index in [1.807, 2.05) is 32.0 Å². The molecule has 0 bridgehead atoms. The molecule has 1 aromatic carbocycles. The van der Waals surface area contributed by atoms with E-state index >= 15 is 0 Å². The normalized spacial score (nSPS) is 12.2. The second kappa shape index (κ2) is 5.59. The Morgan fingerprint density at radius 3 is 2.74 bits per heavy atom. The molecule has 2 rings (SSSR count). The van der Waals surface area contributed by atoms with Crippen LogP contribution in [0.3, 0.4) is 0 Å². The zero-order valence-corrected chi connectivity index (χ0v) is 11.4. The molecule has 4 N–H and O–H groups in total. The van der Waals surface area contributed by atoms with Crippen LogP contribution in [0.15, 0.2) is 23.0 Å². The van der Waals surface area contributed by atoms with Crippen molar-refractivity contribution in [3.8, 4) is 0 Å². The van der Waals surface area contributed by atoms with Crippen molar-refractivity contribution in [3.05, 3.63) is 34.2 Å². The first-order chi connectivity index (χ1) is 9.00. The molecule has 0 amide bonds. The topological polar surface area (TPSA) is 80.9 Å². The zero-order chi connectivity index (χ0) is 13.9. The molecule has 0 aliphatic rings. The molecule has 0 aliphatic carbocycles. The number of imidazole rings is 1. The third-order valence-electron chi connectivity index (χ3n) is 3.20. The van der Waals surface area contributed by atoms with Crippen molar-refractivity contribution in [3.63, 3.8) is 0 Å². The minimum absolute atomic E-state index is 0.0875. The summed E-state index contributed by atoms with van der Waals surface area (Å²) < 4.78 is 0. The third kappa shape index (κ3) is 3.68. The van der Waals surface area contributed by atoms with Crippen molar-refractivity contribution >= 4 is 11.0 Å². The molecule has 0 saturated heterocycles. The number of H-pyrrole nitrogens is 2. The Bertz CT molecular complexity index is 598. The quantitative estimate of drug-likeness (QED) is 0.587. The summed E-state index contributed by atoms with van der Waals surface area (Å²) in [6.07, 6.45) is 0.894. The summed E-state index contributed by atoms with van der Waals surface area (Å²) in [5.41, 5.74) is 2.60. The molecule has 0 radical (unpaired) electrons. The van der Waals surface area contributed by atoms with Crippen molar-refractivity contribution in [2.75, 3.05) is 19.7 Å². The molecule has 0 aliphatic heterocycles. The SMILES string of the molecule is CC(C)(CO)CNCCc1ccc2[nH]c(=O)[nH]c2c1. The van der Waals surface area contributed by atoms with Crippen molar-refractivity contribution in [2.45, 2.75) is 20.3 Å². The van der Waals surface area contributed by atoms with Crippen LogP contribution in [0.1, 0.15) is 19.4 Å².